The minimum atomic E-state index is -0.605. The summed E-state index contributed by atoms with van der Waals surface area (Å²) in [4.78, 5) is 13.1. The Morgan fingerprint density at radius 2 is 1.87 bits per heavy atom. The zero-order chi connectivity index (χ0) is 27.7. The molecule has 1 aliphatic rings. The summed E-state index contributed by atoms with van der Waals surface area (Å²) in [5, 5.41) is 10.8. The first kappa shape index (κ1) is 25.9. The van der Waals surface area contributed by atoms with Crippen LogP contribution in [-0.2, 0) is 0 Å². The summed E-state index contributed by atoms with van der Waals surface area (Å²) in [6.45, 7) is 8.53. The third-order valence-electron chi connectivity index (χ3n) is 7.17. The maximum Gasteiger partial charge on any atom is 0.379 e. The zero-order valence-corrected chi connectivity index (χ0v) is 22.5. The van der Waals surface area contributed by atoms with E-state index < -0.39 is 11.9 Å². The van der Waals surface area contributed by atoms with E-state index in [1.807, 2.05) is 57.2 Å². The monoisotopic (exact) mass is 522 g/mol. The molecule has 1 unspecified atom stereocenters. The molecule has 4 aromatic rings. The van der Waals surface area contributed by atoms with E-state index in [0.29, 0.717) is 23.5 Å². The van der Waals surface area contributed by atoms with E-state index in [-0.39, 0.29) is 17.4 Å². The SMILES string of the molecule is CCCCOc1cccc(C2C(C#N)=C(N)Oc3cc(OC(=O)c4oc5c(C)c(C)ccc5c4C)ccc32)c1. The lowest BCUT2D eigenvalue weighted by Gasteiger charge is -2.27. The molecule has 39 heavy (non-hydrogen) atoms. The second kappa shape index (κ2) is 10.6. The van der Waals surface area contributed by atoms with Gasteiger partial charge in [-0.3, -0.25) is 0 Å². The van der Waals surface area contributed by atoms with Crippen molar-refractivity contribution < 1.29 is 23.4 Å². The van der Waals surface area contributed by atoms with Gasteiger partial charge in [-0.25, -0.2) is 4.79 Å². The first-order valence-electron chi connectivity index (χ1n) is 13.0. The molecule has 7 heteroatoms. The van der Waals surface area contributed by atoms with Gasteiger partial charge in [0.15, 0.2) is 0 Å². The number of nitriles is 1. The number of esters is 1. The molecule has 7 nitrogen and oxygen atoms in total. The molecule has 0 fully saturated rings. The number of rotatable bonds is 7. The summed E-state index contributed by atoms with van der Waals surface area (Å²) in [5.41, 5.74) is 11.5. The van der Waals surface area contributed by atoms with Crippen LogP contribution >= 0.6 is 0 Å². The summed E-state index contributed by atoms with van der Waals surface area (Å²) < 4.78 is 23.3. The van der Waals surface area contributed by atoms with Gasteiger partial charge in [0.1, 0.15) is 34.5 Å². The van der Waals surface area contributed by atoms with Crippen molar-refractivity contribution in [2.24, 2.45) is 5.73 Å². The van der Waals surface area contributed by atoms with Gasteiger partial charge in [0.25, 0.3) is 0 Å². The summed E-state index contributed by atoms with van der Waals surface area (Å²) in [7, 11) is 0. The van der Waals surface area contributed by atoms with Crippen LogP contribution < -0.4 is 19.9 Å². The molecule has 1 aromatic heterocycles. The van der Waals surface area contributed by atoms with E-state index >= 15 is 0 Å². The highest BCUT2D eigenvalue weighted by Gasteiger charge is 2.31. The second-order valence-corrected chi connectivity index (χ2v) is 9.73. The number of ether oxygens (including phenoxy) is 3. The van der Waals surface area contributed by atoms with Gasteiger partial charge in [0.05, 0.1) is 12.5 Å². The van der Waals surface area contributed by atoms with Crippen molar-refractivity contribution in [1.29, 1.82) is 5.26 Å². The predicted molar refractivity (Wildman–Crippen MR) is 148 cm³/mol. The highest BCUT2D eigenvalue weighted by molar-refractivity contribution is 5.98. The summed E-state index contributed by atoms with van der Waals surface area (Å²) in [5.74, 6) is 0.508. The molecule has 2 N–H and O–H groups in total. The number of hydrogen-bond acceptors (Lipinski definition) is 7. The van der Waals surface area contributed by atoms with Crippen LogP contribution in [0.3, 0.4) is 0 Å². The number of benzene rings is 3. The molecule has 0 spiro atoms. The molecular weight excluding hydrogens is 492 g/mol. The van der Waals surface area contributed by atoms with Crippen LogP contribution in [0.15, 0.2) is 70.5 Å². The minimum Gasteiger partial charge on any atom is -0.494 e. The quantitative estimate of drug-likeness (QED) is 0.159. The standard InChI is InChI=1S/C32H30N2O5/c1-5-6-14-36-22-9-7-8-21(15-22)28-25-13-11-23(16-27(25)38-31(34)26(28)17-33)37-32(35)30-20(4)24-12-10-18(2)19(3)29(24)39-30/h7-13,15-16,28H,5-6,14,34H2,1-4H3. The number of hydrogen-bond donors (Lipinski definition) is 1. The van der Waals surface area contributed by atoms with Crippen LogP contribution in [0.1, 0.15) is 64.1 Å². The highest BCUT2D eigenvalue weighted by Crippen LogP contribution is 2.44. The average Bonchev–Trinajstić information content (AvgIpc) is 3.27. The number of carbonyl (C=O) groups excluding carboxylic acids is 1. The van der Waals surface area contributed by atoms with Crippen molar-refractivity contribution in [2.45, 2.75) is 46.5 Å². The van der Waals surface area contributed by atoms with Gasteiger partial charge in [0, 0.05) is 22.6 Å². The van der Waals surface area contributed by atoms with Crippen LogP contribution in [0.2, 0.25) is 0 Å². The smallest absolute Gasteiger partial charge is 0.379 e. The molecule has 0 saturated heterocycles. The molecule has 1 aliphatic heterocycles. The Morgan fingerprint density at radius 1 is 1.05 bits per heavy atom. The van der Waals surface area contributed by atoms with E-state index in [0.717, 1.165) is 51.8 Å². The number of unbranched alkanes of at least 4 members (excludes halogenated alkanes) is 1. The van der Waals surface area contributed by atoms with Gasteiger partial charge >= 0.3 is 5.97 Å². The Hall–Kier alpha value is -4.70. The number of nitrogens with zero attached hydrogens (tertiary/aromatic N) is 1. The van der Waals surface area contributed by atoms with E-state index in [1.54, 1.807) is 18.2 Å². The number of fused-ring (bicyclic) bond motifs is 2. The predicted octanol–water partition coefficient (Wildman–Crippen LogP) is 6.97. The number of aryl methyl sites for hydroxylation is 3. The first-order chi connectivity index (χ1) is 18.8. The fraction of sp³-hybridized carbons (Fsp3) is 0.250. The lowest BCUT2D eigenvalue weighted by atomic mass is 9.83. The normalized spacial score (nSPS) is 14.5. The molecule has 0 radical (unpaired) electrons. The Kier molecular flexibility index (Phi) is 7.03. The topological polar surface area (TPSA) is 108 Å². The molecule has 2 heterocycles. The summed E-state index contributed by atoms with van der Waals surface area (Å²) in [6.07, 6.45) is 1.99. The molecule has 3 aromatic carbocycles. The Morgan fingerprint density at radius 3 is 2.64 bits per heavy atom. The van der Waals surface area contributed by atoms with Gasteiger partial charge < -0.3 is 24.4 Å². The second-order valence-electron chi connectivity index (χ2n) is 9.73. The van der Waals surface area contributed by atoms with Gasteiger partial charge in [-0.15, -0.1) is 0 Å². The van der Waals surface area contributed by atoms with Crippen molar-refractivity contribution in [3.63, 3.8) is 0 Å². The number of carbonyl (C=O) groups is 1. The van der Waals surface area contributed by atoms with Gasteiger partial charge in [-0.05, 0) is 62.1 Å². The fourth-order valence-electron chi connectivity index (χ4n) is 4.83. The van der Waals surface area contributed by atoms with E-state index in [4.69, 9.17) is 24.4 Å². The number of allylic oxidation sites excluding steroid dienone is 1. The molecule has 0 bridgehead atoms. The van der Waals surface area contributed by atoms with Crippen LogP contribution in [0.5, 0.6) is 17.2 Å². The van der Waals surface area contributed by atoms with Crippen molar-refractivity contribution in [2.75, 3.05) is 6.61 Å². The average molecular weight is 523 g/mol. The Labute approximate surface area is 227 Å². The Bertz CT molecular complexity index is 1660. The van der Waals surface area contributed by atoms with Crippen molar-refractivity contribution in [1.82, 2.24) is 0 Å². The van der Waals surface area contributed by atoms with E-state index in [9.17, 15) is 10.1 Å². The Balaban J connectivity index is 1.46. The van der Waals surface area contributed by atoms with Crippen LogP contribution in [0.25, 0.3) is 11.0 Å². The maximum atomic E-state index is 13.1. The minimum absolute atomic E-state index is 0.00903. The summed E-state index contributed by atoms with van der Waals surface area (Å²) in [6, 6.07) is 18.9. The molecule has 198 valence electrons. The lowest BCUT2D eigenvalue weighted by Crippen LogP contribution is -2.21. The van der Waals surface area contributed by atoms with Crippen LogP contribution in [-0.4, -0.2) is 12.6 Å². The maximum absolute atomic E-state index is 13.1. The van der Waals surface area contributed by atoms with Crippen molar-refractivity contribution in [3.05, 3.63) is 99.6 Å². The molecule has 0 saturated carbocycles. The van der Waals surface area contributed by atoms with Crippen LogP contribution in [0, 0.1) is 32.1 Å². The molecule has 5 rings (SSSR count). The first-order valence-corrected chi connectivity index (χ1v) is 13.0. The van der Waals surface area contributed by atoms with E-state index in [1.165, 1.54) is 0 Å². The van der Waals surface area contributed by atoms with Crippen molar-refractivity contribution >= 4 is 16.9 Å². The molecular formula is C32H30N2O5. The highest BCUT2D eigenvalue weighted by atomic mass is 16.5. The van der Waals surface area contributed by atoms with Crippen molar-refractivity contribution in [3.8, 4) is 23.3 Å². The van der Waals surface area contributed by atoms with Gasteiger partial charge in [-0.1, -0.05) is 43.7 Å². The fourth-order valence-corrected chi connectivity index (χ4v) is 4.83. The summed E-state index contributed by atoms with van der Waals surface area (Å²) >= 11 is 0. The largest absolute Gasteiger partial charge is 0.494 e. The number of nitrogens with two attached hydrogens (primary N) is 1. The molecule has 0 aliphatic carbocycles. The zero-order valence-electron chi connectivity index (χ0n) is 22.5. The van der Waals surface area contributed by atoms with E-state index in [2.05, 4.69) is 13.0 Å². The van der Waals surface area contributed by atoms with Gasteiger partial charge in [-0.2, -0.15) is 5.26 Å². The molecule has 1 atom stereocenters. The molecule has 0 amide bonds. The van der Waals surface area contributed by atoms with Crippen LogP contribution in [0.4, 0.5) is 0 Å². The lowest BCUT2D eigenvalue weighted by molar-refractivity contribution is 0.0702. The third-order valence-corrected chi connectivity index (χ3v) is 7.17. The third kappa shape index (κ3) is 4.82. The number of furan rings is 1. The van der Waals surface area contributed by atoms with Gasteiger partial charge in [0.2, 0.25) is 11.6 Å².